The quantitative estimate of drug-likeness (QED) is 0.523. The molecule has 0 radical (unpaired) electrons. The Bertz CT molecular complexity index is 265. The van der Waals surface area contributed by atoms with Crippen molar-refractivity contribution in [2.24, 2.45) is 0 Å². The van der Waals surface area contributed by atoms with E-state index in [9.17, 15) is 4.79 Å². The van der Waals surface area contributed by atoms with Gasteiger partial charge in [0.15, 0.2) is 6.29 Å². The maximum Gasteiger partial charge on any atom is 0.166 e. The van der Waals surface area contributed by atoms with Gasteiger partial charge in [0.1, 0.15) is 0 Å². The van der Waals surface area contributed by atoms with Crippen LogP contribution in [0.5, 0.6) is 0 Å². The molecule has 0 aromatic carbocycles. The lowest BCUT2D eigenvalue weighted by Crippen LogP contribution is -1.87. The molecule has 14 heavy (non-hydrogen) atoms. The van der Waals surface area contributed by atoms with Crippen molar-refractivity contribution in [2.75, 3.05) is 0 Å². The molecule has 0 aliphatic carbocycles. The van der Waals surface area contributed by atoms with Crippen LogP contribution in [0.15, 0.2) is 12.1 Å². The highest BCUT2D eigenvalue weighted by Gasteiger charge is 1.97. The molecule has 1 heterocycles. The topological polar surface area (TPSA) is 32.9 Å². The number of aromatic nitrogens is 1. The Kier molecular flexibility index (Phi) is 5.05. The number of aromatic amines is 1. The standard InChI is InChI=1S/C12H19NO/c1-2-3-4-5-6-7-11-8-9-12(10-14)13-11/h8-10,13H,2-7H2,1H3. The summed E-state index contributed by atoms with van der Waals surface area (Å²) in [4.78, 5) is 13.5. The van der Waals surface area contributed by atoms with Crippen molar-refractivity contribution in [3.63, 3.8) is 0 Å². The van der Waals surface area contributed by atoms with Gasteiger partial charge in [-0.1, -0.05) is 32.6 Å². The summed E-state index contributed by atoms with van der Waals surface area (Å²) in [6.45, 7) is 2.22. The van der Waals surface area contributed by atoms with Crippen LogP contribution in [0.2, 0.25) is 0 Å². The molecule has 0 fully saturated rings. The van der Waals surface area contributed by atoms with Gasteiger partial charge in [-0.05, 0) is 25.0 Å². The average molecular weight is 193 g/mol. The van der Waals surface area contributed by atoms with Crippen molar-refractivity contribution in [3.05, 3.63) is 23.5 Å². The molecule has 0 aliphatic heterocycles. The lowest BCUT2D eigenvalue weighted by Gasteiger charge is -1.98. The lowest BCUT2D eigenvalue weighted by atomic mass is 10.1. The highest BCUT2D eigenvalue weighted by atomic mass is 16.1. The summed E-state index contributed by atoms with van der Waals surface area (Å²) in [7, 11) is 0. The minimum atomic E-state index is 0.688. The van der Waals surface area contributed by atoms with E-state index >= 15 is 0 Å². The van der Waals surface area contributed by atoms with E-state index in [-0.39, 0.29) is 0 Å². The van der Waals surface area contributed by atoms with Crippen LogP contribution in [0, 0.1) is 0 Å². The fourth-order valence-corrected chi connectivity index (χ4v) is 1.59. The Hall–Kier alpha value is -1.05. The molecule has 0 atom stereocenters. The van der Waals surface area contributed by atoms with Gasteiger partial charge in [-0.2, -0.15) is 0 Å². The van der Waals surface area contributed by atoms with E-state index in [1.54, 1.807) is 0 Å². The Morgan fingerprint density at radius 3 is 2.64 bits per heavy atom. The van der Waals surface area contributed by atoms with Crippen LogP contribution in [-0.4, -0.2) is 11.3 Å². The molecule has 1 aromatic heterocycles. The van der Waals surface area contributed by atoms with Gasteiger partial charge in [0.25, 0.3) is 0 Å². The Morgan fingerprint density at radius 1 is 1.21 bits per heavy atom. The second-order valence-electron chi connectivity index (χ2n) is 3.72. The molecule has 0 amide bonds. The van der Waals surface area contributed by atoms with E-state index in [0.717, 1.165) is 12.7 Å². The number of carbonyl (C=O) groups excluding carboxylic acids is 1. The summed E-state index contributed by atoms with van der Waals surface area (Å²) >= 11 is 0. The van der Waals surface area contributed by atoms with Crippen LogP contribution in [0.25, 0.3) is 0 Å². The molecule has 78 valence electrons. The highest BCUT2D eigenvalue weighted by Crippen LogP contribution is 2.08. The lowest BCUT2D eigenvalue weighted by molar-refractivity contribution is 0.111. The van der Waals surface area contributed by atoms with Gasteiger partial charge in [-0.3, -0.25) is 4.79 Å². The minimum Gasteiger partial charge on any atom is -0.356 e. The maximum atomic E-state index is 10.4. The van der Waals surface area contributed by atoms with Gasteiger partial charge in [0.05, 0.1) is 5.69 Å². The van der Waals surface area contributed by atoms with E-state index in [4.69, 9.17) is 0 Å². The first-order chi connectivity index (χ1) is 6.86. The summed E-state index contributed by atoms with van der Waals surface area (Å²) in [6.07, 6.45) is 8.40. The largest absolute Gasteiger partial charge is 0.356 e. The molecule has 0 saturated carbocycles. The zero-order valence-corrected chi connectivity index (χ0v) is 8.88. The van der Waals surface area contributed by atoms with Gasteiger partial charge in [-0.15, -0.1) is 0 Å². The smallest absolute Gasteiger partial charge is 0.166 e. The van der Waals surface area contributed by atoms with Crippen LogP contribution in [0.4, 0.5) is 0 Å². The Balaban J connectivity index is 2.14. The summed E-state index contributed by atoms with van der Waals surface area (Å²) in [6, 6.07) is 3.85. The molecule has 1 N–H and O–H groups in total. The fourth-order valence-electron chi connectivity index (χ4n) is 1.59. The molecular weight excluding hydrogens is 174 g/mol. The number of aryl methyl sites for hydroxylation is 1. The van der Waals surface area contributed by atoms with Crippen molar-refractivity contribution in [3.8, 4) is 0 Å². The number of hydrogen-bond donors (Lipinski definition) is 1. The molecule has 0 spiro atoms. The number of carbonyl (C=O) groups is 1. The Morgan fingerprint density at radius 2 is 2.00 bits per heavy atom. The summed E-state index contributed by atoms with van der Waals surface area (Å²) in [5.41, 5.74) is 1.87. The number of nitrogens with one attached hydrogen (secondary N) is 1. The number of rotatable bonds is 7. The zero-order chi connectivity index (χ0) is 10.2. The predicted molar refractivity (Wildman–Crippen MR) is 58.6 cm³/mol. The van der Waals surface area contributed by atoms with Crippen LogP contribution in [0.1, 0.15) is 55.2 Å². The van der Waals surface area contributed by atoms with Gasteiger partial charge < -0.3 is 4.98 Å². The number of aldehydes is 1. The first-order valence-electron chi connectivity index (χ1n) is 5.50. The molecule has 0 saturated heterocycles. The SMILES string of the molecule is CCCCCCCc1ccc(C=O)[nH]1. The van der Waals surface area contributed by atoms with Gasteiger partial charge in [0.2, 0.25) is 0 Å². The van der Waals surface area contributed by atoms with Gasteiger partial charge in [-0.25, -0.2) is 0 Å². The van der Waals surface area contributed by atoms with Crippen molar-refractivity contribution in [2.45, 2.75) is 45.4 Å². The Labute approximate surface area is 85.7 Å². The second-order valence-corrected chi connectivity index (χ2v) is 3.72. The molecule has 2 nitrogen and oxygen atoms in total. The molecule has 1 rings (SSSR count). The van der Waals surface area contributed by atoms with E-state index < -0.39 is 0 Å². The predicted octanol–water partition coefficient (Wildman–Crippen LogP) is 3.34. The second kappa shape index (κ2) is 6.41. The molecule has 0 unspecified atom stereocenters. The third kappa shape index (κ3) is 3.77. The van der Waals surface area contributed by atoms with Crippen LogP contribution in [0.3, 0.4) is 0 Å². The summed E-state index contributed by atoms with van der Waals surface area (Å²) in [5.74, 6) is 0. The third-order valence-corrected chi connectivity index (χ3v) is 2.45. The van der Waals surface area contributed by atoms with E-state index in [1.807, 2.05) is 12.1 Å². The van der Waals surface area contributed by atoms with Crippen LogP contribution < -0.4 is 0 Å². The third-order valence-electron chi connectivity index (χ3n) is 2.45. The van der Waals surface area contributed by atoms with E-state index in [2.05, 4.69) is 11.9 Å². The van der Waals surface area contributed by atoms with Crippen molar-refractivity contribution in [1.29, 1.82) is 0 Å². The maximum absolute atomic E-state index is 10.4. The average Bonchev–Trinajstić information content (AvgIpc) is 2.65. The normalized spacial score (nSPS) is 10.4. The van der Waals surface area contributed by atoms with E-state index in [1.165, 1.54) is 37.8 Å². The van der Waals surface area contributed by atoms with Crippen LogP contribution >= 0.6 is 0 Å². The summed E-state index contributed by atoms with van der Waals surface area (Å²) in [5, 5.41) is 0. The first-order valence-corrected chi connectivity index (χ1v) is 5.50. The number of H-pyrrole nitrogens is 1. The zero-order valence-electron chi connectivity index (χ0n) is 8.88. The van der Waals surface area contributed by atoms with E-state index in [0.29, 0.717) is 5.69 Å². The molecule has 2 heteroatoms. The van der Waals surface area contributed by atoms with Gasteiger partial charge >= 0.3 is 0 Å². The van der Waals surface area contributed by atoms with Gasteiger partial charge in [0, 0.05) is 5.69 Å². The molecule has 0 bridgehead atoms. The van der Waals surface area contributed by atoms with Crippen molar-refractivity contribution >= 4 is 6.29 Å². The molecular formula is C12H19NO. The minimum absolute atomic E-state index is 0.688. The molecule has 0 aliphatic rings. The summed E-state index contributed by atoms with van der Waals surface area (Å²) < 4.78 is 0. The fraction of sp³-hybridized carbons (Fsp3) is 0.583. The molecule has 1 aromatic rings. The first kappa shape index (κ1) is 11.0. The van der Waals surface area contributed by atoms with Crippen molar-refractivity contribution < 1.29 is 4.79 Å². The number of unbranched alkanes of at least 4 members (excludes halogenated alkanes) is 4. The highest BCUT2D eigenvalue weighted by molar-refractivity contribution is 5.71. The monoisotopic (exact) mass is 193 g/mol. The van der Waals surface area contributed by atoms with Crippen LogP contribution in [-0.2, 0) is 6.42 Å². The van der Waals surface area contributed by atoms with Crippen molar-refractivity contribution in [1.82, 2.24) is 4.98 Å². The number of hydrogen-bond acceptors (Lipinski definition) is 1.